The van der Waals surface area contributed by atoms with Crippen LogP contribution in [0.2, 0.25) is 0 Å². The predicted molar refractivity (Wildman–Crippen MR) is 74.0 cm³/mol. The van der Waals surface area contributed by atoms with Gasteiger partial charge in [0.1, 0.15) is 25.4 Å². The highest BCUT2D eigenvalue weighted by Crippen LogP contribution is 2.33. The summed E-state index contributed by atoms with van der Waals surface area (Å²) in [7, 11) is 0. The van der Waals surface area contributed by atoms with E-state index in [1.165, 1.54) is 6.33 Å². The Labute approximate surface area is 117 Å². The van der Waals surface area contributed by atoms with Crippen LogP contribution in [0.25, 0.3) is 0 Å². The molecule has 0 spiro atoms. The topological polar surface area (TPSA) is 72.1 Å². The molecular weight excluding hydrogens is 256 g/mol. The monoisotopic (exact) mass is 274 g/mol. The van der Waals surface area contributed by atoms with Crippen molar-refractivity contribution in [3.63, 3.8) is 0 Å². The van der Waals surface area contributed by atoms with Crippen molar-refractivity contribution >= 4 is 0 Å². The SMILES string of the molecule is CCCNC(c1ccc2c(c1)OCCO2)c1ncn[nH]1. The fourth-order valence-corrected chi connectivity index (χ4v) is 2.25. The molecule has 6 heteroatoms. The Balaban J connectivity index is 1.90. The Bertz CT molecular complexity index is 556. The fraction of sp³-hybridized carbons (Fsp3) is 0.429. The number of aromatic amines is 1. The zero-order valence-electron chi connectivity index (χ0n) is 11.4. The van der Waals surface area contributed by atoms with Crippen molar-refractivity contribution < 1.29 is 9.47 Å². The van der Waals surface area contributed by atoms with E-state index in [2.05, 4.69) is 27.4 Å². The van der Waals surface area contributed by atoms with Gasteiger partial charge >= 0.3 is 0 Å². The van der Waals surface area contributed by atoms with Gasteiger partial charge in [0.2, 0.25) is 0 Å². The predicted octanol–water partition coefficient (Wildman–Crippen LogP) is 1.66. The van der Waals surface area contributed by atoms with E-state index < -0.39 is 0 Å². The molecule has 0 fully saturated rings. The van der Waals surface area contributed by atoms with Gasteiger partial charge < -0.3 is 14.8 Å². The van der Waals surface area contributed by atoms with E-state index in [0.29, 0.717) is 13.2 Å². The maximum Gasteiger partial charge on any atom is 0.161 e. The number of nitrogens with one attached hydrogen (secondary N) is 2. The summed E-state index contributed by atoms with van der Waals surface area (Å²) in [6.07, 6.45) is 2.57. The Hall–Kier alpha value is -2.08. The zero-order chi connectivity index (χ0) is 13.8. The van der Waals surface area contributed by atoms with Crippen LogP contribution in [0.3, 0.4) is 0 Å². The van der Waals surface area contributed by atoms with E-state index >= 15 is 0 Å². The lowest BCUT2D eigenvalue weighted by atomic mass is 10.1. The van der Waals surface area contributed by atoms with Crippen LogP contribution in [-0.2, 0) is 0 Å². The number of rotatable bonds is 5. The van der Waals surface area contributed by atoms with Gasteiger partial charge in [-0.25, -0.2) is 4.98 Å². The van der Waals surface area contributed by atoms with E-state index in [-0.39, 0.29) is 6.04 Å². The molecular formula is C14H18N4O2. The Kier molecular flexibility index (Phi) is 3.83. The van der Waals surface area contributed by atoms with Crippen LogP contribution in [0.5, 0.6) is 11.5 Å². The van der Waals surface area contributed by atoms with Gasteiger partial charge in [-0.05, 0) is 30.7 Å². The molecule has 0 saturated heterocycles. The minimum absolute atomic E-state index is 0.0201. The van der Waals surface area contributed by atoms with Crippen molar-refractivity contribution in [1.29, 1.82) is 0 Å². The van der Waals surface area contributed by atoms with Crippen molar-refractivity contribution in [3.8, 4) is 11.5 Å². The van der Waals surface area contributed by atoms with Crippen molar-refractivity contribution in [2.75, 3.05) is 19.8 Å². The van der Waals surface area contributed by atoms with Crippen LogP contribution in [-0.4, -0.2) is 34.9 Å². The number of hydrogen-bond donors (Lipinski definition) is 2. The average molecular weight is 274 g/mol. The lowest BCUT2D eigenvalue weighted by molar-refractivity contribution is 0.171. The molecule has 1 aromatic heterocycles. The van der Waals surface area contributed by atoms with Gasteiger partial charge in [0.15, 0.2) is 11.5 Å². The van der Waals surface area contributed by atoms with Crippen molar-refractivity contribution in [3.05, 3.63) is 35.9 Å². The quantitative estimate of drug-likeness (QED) is 0.867. The summed E-state index contributed by atoms with van der Waals surface area (Å²) in [5.41, 5.74) is 1.08. The van der Waals surface area contributed by atoms with Gasteiger partial charge in [-0.1, -0.05) is 13.0 Å². The molecule has 0 saturated carbocycles. The summed E-state index contributed by atoms with van der Waals surface area (Å²) >= 11 is 0. The van der Waals surface area contributed by atoms with Crippen LogP contribution in [0.15, 0.2) is 24.5 Å². The van der Waals surface area contributed by atoms with Crippen molar-refractivity contribution in [2.45, 2.75) is 19.4 Å². The second kappa shape index (κ2) is 5.92. The van der Waals surface area contributed by atoms with Gasteiger partial charge in [-0.3, -0.25) is 5.10 Å². The molecule has 0 aliphatic carbocycles. The largest absolute Gasteiger partial charge is 0.486 e. The third-order valence-corrected chi connectivity index (χ3v) is 3.21. The number of aromatic nitrogens is 3. The molecule has 1 unspecified atom stereocenters. The Morgan fingerprint density at radius 2 is 2.15 bits per heavy atom. The molecule has 1 atom stereocenters. The van der Waals surface area contributed by atoms with E-state index in [1.54, 1.807) is 0 Å². The van der Waals surface area contributed by atoms with Crippen molar-refractivity contribution in [1.82, 2.24) is 20.5 Å². The molecule has 106 valence electrons. The van der Waals surface area contributed by atoms with E-state index in [4.69, 9.17) is 9.47 Å². The molecule has 3 rings (SSSR count). The second-order valence-corrected chi connectivity index (χ2v) is 4.66. The van der Waals surface area contributed by atoms with E-state index in [0.717, 1.165) is 35.9 Å². The van der Waals surface area contributed by atoms with Crippen LogP contribution in [0.4, 0.5) is 0 Å². The van der Waals surface area contributed by atoms with Gasteiger partial charge in [-0.15, -0.1) is 0 Å². The number of ether oxygens (including phenoxy) is 2. The second-order valence-electron chi connectivity index (χ2n) is 4.66. The minimum Gasteiger partial charge on any atom is -0.486 e. The highest BCUT2D eigenvalue weighted by atomic mass is 16.6. The molecule has 0 amide bonds. The first kappa shape index (κ1) is 12.9. The summed E-state index contributed by atoms with van der Waals surface area (Å²) in [4.78, 5) is 4.26. The van der Waals surface area contributed by atoms with Crippen LogP contribution in [0, 0.1) is 0 Å². The third kappa shape index (κ3) is 2.60. The molecule has 2 heterocycles. The molecule has 1 aromatic carbocycles. The van der Waals surface area contributed by atoms with Crippen molar-refractivity contribution in [2.24, 2.45) is 0 Å². The number of benzene rings is 1. The van der Waals surface area contributed by atoms with Gasteiger partial charge in [0, 0.05) is 0 Å². The van der Waals surface area contributed by atoms with Gasteiger partial charge in [0.05, 0.1) is 6.04 Å². The molecule has 0 bridgehead atoms. The molecule has 0 radical (unpaired) electrons. The number of H-pyrrole nitrogens is 1. The molecule has 2 aromatic rings. The molecule has 1 aliphatic rings. The van der Waals surface area contributed by atoms with E-state index in [9.17, 15) is 0 Å². The maximum absolute atomic E-state index is 5.64. The number of fused-ring (bicyclic) bond motifs is 1. The smallest absolute Gasteiger partial charge is 0.161 e. The maximum atomic E-state index is 5.64. The first-order valence-electron chi connectivity index (χ1n) is 6.86. The molecule has 2 N–H and O–H groups in total. The fourth-order valence-electron chi connectivity index (χ4n) is 2.25. The normalized spacial score (nSPS) is 15.1. The summed E-state index contributed by atoms with van der Waals surface area (Å²) in [6.45, 7) is 4.23. The summed E-state index contributed by atoms with van der Waals surface area (Å²) in [6, 6.07) is 5.96. The first-order chi connectivity index (χ1) is 9.88. The van der Waals surface area contributed by atoms with E-state index in [1.807, 2.05) is 18.2 Å². The highest BCUT2D eigenvalue weighted by Gasteiger charge is 2.19. The summed E-state index contributed by atoms with van der Waals surface area (Å²) in [5, 5.41) is 10.3. The lowest BCUT2D eigenvalue weighted by Gasteiger charge is -2.21. The lowest BCUT2D eigenvalue weighted by Crippen LogP contribution is -2.24. The van der Waals surface area contributed by atoms with Gasteiger partial charge in [0.25, 0.3) is 0 Å². The first-order valence-corrected chi connectivity index (χ1v) is 6.86. The Morgan fingerprint density at radius 3 is 2.90 bits per heavy atom. The van der Waals surface area contributed by atoms with Crippen LogP contribution in [0.1, 0.15) is 30.8 Å². The zero-order valence-corrected chi connectivity index (χ0v) is 11.4. The van der Waals surface area contributed by atoms with Gasteiger partial charge in [-0.2, -0.15) is 5.10 Å². The van der Waals surface area contributed by atoms with Crippen LogP contribution >= 0.6 is 0 Å². The molecule has 6 nitrogen and oxygen atoms in total. The van der Waals surface area contributed by atoms with Crippen LogP contribution < -0.4 is 14.8 Å². The average Bonchev–Trinajstić information content (AvgIpc) is 3.02. The minimum atomic E-state index is -0.0201. The molecule has 20 heavy (non-hydrogen) atoms. The standard InChI is InChI=1S/C14H18N4O2/c1-2-5-15-13(14-16-9-17-18-14)10-3-4-11-12(8-10)20-7-6-19-11/h3-4,8-9,13,15H,2,5-7H2,1H3,(H,16,17,18). The number of hydrogen-bond acceptors (Lipinski definition) is 5. The third-order valence-electron chi connectivity index (χ3n) is 3.21. The highest BCUT2D eigenvalue weighted by molar-refractivity contribution is 5.45. The summed E-state index contributed by atoms with van der Waals surface area (Å²) < 4.78 is 11.2. The Morgan fingerprint density at radius 1 is 1.30 bits per heavy atom. The number of nitrogens with zero attached hydrogens (tertiary/aromatic N) is 2. The molecule has 1 aliphatic heterocycles. The summed E-state index contributed by atoms with van der Waals surface area (Å²) in [5.74, 6) is 2.39.